The van der Waals surface area contributed by atoms with E-state index in [1.54, 1.807) is 0 Å². The highest BCUT2D eigenvalue weighted by Crippen LogP contribution is 2.24. The highest BCUT2D eigenvalue weighted by Gasteiger charge is 2.24. The molecule has 0 aromatic carbocycles. The van der Waals surface area contributed by atoms with Crippen LogP contribution in [0.1, 0.15) is 32.2 Å². The van der Waals surface area contributed by atoms with Gasteiger partial charge in [0.1, 0.15) is 0 Å². The number of halogens is 1. The monoisotopic (exact) mass is 303 g/mol. The summed E-state index contributed by atoms with van der Waals surface area (Å²) in [6.45, 7) is 7.05. The molecule has 98 valence electrons. The molecule has 0 bridgehead atoms. The Bertz CT molecular complexity index is 387. The first-order chi connectivity index (χ1) is 7.83. The summed E-state index contributed by atoms with van der Waals surface area (Å²) in [6, 6.07) is 0. The zero-order chi connectivity index (χ0) is 13.2. The molecule has 0 saturated carbocycles. The SMILES string of the molecule is CCc1nn(C)c(CN(C)C(C)(C)CO)c1Br. The minimum Gasteiger partial charge on any atom is -0.394 e. The van der Waals surface area contributed by atoms with Gasteiger partial charge in [0.15, 0.2) is 0 Å². The van der Waals surface area contributed by atoms with Gasteiger partial charge in [-0.25, -0.2) is 0 Å². The number of likely N-dealkylation sites (N-methyl/N-ethyl adjacent to an activating group) is 1. The summed E-state index contributed by atoms with van der Waals surface area (Å²) in [7, 11) is 3.97. The fourth-order valence-corrected chi connectivity index (χ4v) is 2.29. The van der Waals surface area contributed by atoms with E-state index in [4.69, 9.17) is 0 Å². The van der Waals surface area contributed by atoms with Gasteiger partial charge in [-0.2, -0.15) is 5.10 Å². The summed E-state index contributed by atoms with van der Waals surface area (Å²) in [4.78, 5) is 2.13. The highest BCUT2D eigenvalue weighted by atomic mass is 79.9. The molecule has 0 atom stereocenters. The summed E-state index contributed by atoms with van der Waals surface area (Å²) in [5.74, 6) is 0. The number of aromatic nitrogens is 2. The Morgan fingerprint density at radius 1 is 1.47 bits per heavy atom. The number of nitrogens with zero attached hydrogens (tertiary/aromatic N) is 3. The average molecular weight is 304 g/mol. The Hall–Kier alpha value is -0.390. The van der Waals surface area contributed by atoms with Crippen molar-refractivity contribution in [3.05, 3.63) is 15.9 Å². The molecular formula is C12H22BrN3O. The molecule has 1 rings (SSSR count). The standard InChI is InChI=1S/C12H22BrN3O/c1-6-9-11(13)10(16(5)14-9)7-15(4)12(2,3)8-17/h17H,6-8H2,1-5H3. The third-order valence-electron chi connectivity index (χ3n) is 3.31. The molecule has 1 aromatic rings. The first kappa shape index (κ1) is 14.7. The molecule has 0 amide bonds. The van der Waals surface area contributed by atoms with Crippen LogP contribution in [0.15, 0.2) is 4.47 Å². The lowest BCUT2D eigenvalue weighted by Gasteiger charge is -2.33. The van der Waals surface area contributed by atoms with Crippen LogP contribution in [0.5, 0.6) is 0 Å². The minimum absolute atomic E-state index is 0.138. The van der Waals surface area contributed by atoms with Crippen LogP contribution >= 0.6 is 15.9 Å². The number of rotatable bonds is 5. The highest BCUT2D eigenvalue weighted by molar-refractivity contribution is 9.10. The molecular weight excluding hydrogens is 282 g/mol. The van der Waals surface area contributed by atoms with E-state index in [-0.39, 0.29) is 12.1 Å². The molecule has 17 heavy (non-hydrogen) atoms. The largest absolute Gasteiger partial charge is 0.394 e. The maximum Gasteiger partial charge on any atom is 0.0767 e. The quantitative estimate of drug-likeness (QED) is 0.904. The zero-order valence-electron chi connectivity index (χ0n) is 11.3. The number of aliphatic hydroxyl groups is 1. The van der Waals surface area contributed by atoms with Crippen molar-refractivity contribution in [2.45, 2.75) is 39.3 Å². The summed E-state index contributed by atoms with van der Waals surface area (Å²) >= 11 is 3.61. The van der Waals surface area contributed by atoms with Gasteiger partial charge in [-0.05, 0) is 43.2 Å². The van der Waals surface area contributed by atoms with Crippen LogP contribution in [0.25, 0.3) is 0 Å². The fraction of sp³-hybridized carbons (Fsp3) is 0.750. The number of hydrogen-bond donors (Lipinski definition) is 1. The molecule has 5 heteroatoms. The Morgan fingerprint density at radius 3 is 2.47 bits per heavy atom. The van der Waals surface area contributed by atoms with Gasteiger partial charge in [0, 0.05) is 19.1 Å². The van der Waals surface area contributed by atoms with Crippen LogP contribution < -0.4 is 0 Å². The second kappa shape index (κ2) is 5.50. The van der Waals surface area contributed by atoms with E-state index < -0.39 is 0 Å². The lowest BCUT2D eigenvalue weighted by Crippen LogP contribution is -2.44. The van der Waals surface area contributed by atoms with E-state index in [0.29, 0.717) is 0 Å². The van der Waals surface area contributed by atoms with Crippen LogP contribution in [0.3, 0.4) is 0 Å². The Balaban J connectivity index is 2.92. The minimum atomic E-state index is -0.226. The van der Waals surface area contributed by atoms with Crippen LogP contribution in [0, 0.1) is 0 Å². The van der Waals surface area contributed by atoms with Gasteiger partial charge >= 0.3 is 0 Å². The van der Waals surface area contributed by atoms with Gasteiger partial charge in [0.2, 0.25) is 0 Å². The normalized spacial score (nSPS) is 12.5. The predicted octanol–water partition coefficient (Wildman–Crippen LogP) is 1.95. The zero-order valence-corrected chi connectivity index (χ0v) is 12.9. The van der Waals surface area contributed by atoms with E-state index >= 15 is 0 Å². The second-order valence-corrected chi connectivity index (χ2v) is 5.80. The van der Waals surface area contributed by atoms with Gasteiger partial charge in [0.05, 0.1) is 22.5 Å². The van der Waals surface area contributed by atoms with Gasteiger partial charge in [-0.3, -0.25) is 9.58 Å². The Kier molecular flexibility index (Phi) is 4.75. The van der Waals surface area contributed by atoms with Gasteiger partial charge in [-0.1, -0.05) is 6.92 Å². The number of aliphatic hydroxyl groups excluding tert-OH is 1. The Morgan fingerprint density at radius 2 is 2.06 bits per heavy atom. The van der Waals surface area contributed by atoms with Crippen LogP contribution in [-0.2, 0) is 20.0 Å². The van der Waals surface area contributed by atoms with Gasteiger partial charge < -0.3 is 5.11 Å². The third-order valence-corrected chi connectivity index (χ3v) is 4.23. The van der Waals surface area contributed by atoms with E-state index in [0.717, 1.165) is 28.8 Å². The molecule has 0 radical (unpaired) electrons. The molecule has 1 N–H and O–H groups in total. The summed E-state index contributed by atoms with van der Waals surface area (Å²) in [5.41, 5.74) is 2.00. The topological polar surface area (TPSA) is 41.3 Å². The van der Waals surface area contributed by atoms with E-state index in [9.17, 15) is 5.11 Å². The van der Waals surface area contributed by atoms with Crippen LogP contribution in [0.2, 0.25) is 0 Å². The number of aryl methyl sites for hydroxylation is 2. The van der Waals surface area contributed by atoms with Crippen molar-refractivity contribution < 1.29 is 5.11 Å². The third kappa shape index (κ3) is 3.09. The van der Waals surface area contributed by atoms with Crippen molar-refractivity contribution >= 4 is 15.9 Å². The van der Waals surface area contributed by atoms with Gasteiger partial charge in [-0.15, -0.1) is 0 Å². The molecule has 0 saturated heterocycles. The smallest absolute Gasteiger partial charge is 0.0767 e. The molecule has 0 aliphatic rings. The molecule has 0 unspecified atom stereocenters. The van der Waals surface area contributed by atoms with Crippen molar-refractivity contribution in [3.63, 3.8) is 0 Å². The van der Waals surface area contributed by atoms with Crippen LogP contribution in [-0.4, -0.2) is 39.0 Å². The first-order valence-corrected chi connectivity index (χ1v) is 6.65. The summed E-state index contributed by atoms with van der Waals surface area (Å²) in [6.07, 6.45) is 0.918. The lowest BCUT2D eigenvalue weighted by atomic mass is 10.1. The maximum absolute atomic E-state index is 9.36. The fourth-order valence-electron chi connectivity index (χ4n) is 1.55. The maximum atomic E-state index is 9.36. The number of hydrogen-bond acceptors (Lipinski definition) is 3. The molecule has 4 nitrogen and oxygen atoms in total. The van der Waals surface area contributed by atoms with E-state index in [1.807, 2.05) is 32.6 Å². The van der Waals surface area contributed by atoms with Crippen molar-refractivity contribution in [1.29, 1.82) is 0 Å². The average Bonchev–Trinajstić information content (AvgIpc) is 2.56. The molecule has 0 spiro atoms. The molecule has 0 fully saturated rings. The van der Waals surface area contributed by atoms with Crippen molar-refractivity contribution in [3.8, 4) is 0 Å². The summed E-state index contributed by atoms with van der Waals surface area (Å²) in [5, 5.41) is 13.8. The van der Waals surface area contributed by atoms with Crippen molar-refractivity contribution in [2.75, 3.05) is 13.7 Å². The molecule has 0 aliphatic carbocycles. The van der Waals surface area contributed by atoms with Crippen molar-refractivity contribution in [2.24, 2.45) is 7.05 Å². The van der Waals surface area contributed by atoms with Crippen LogP contribution in [0.4, 0.5) is 0 Å². The van der Waals surface area contributed by atoms with E-state index in [2.05, 4.69) is 32.9 Å². The van der Waals surface area contributed by atoms with E-state index in [1.165, 1.54) is 0 Å². The molecule has 1 aromatic heterocycles. The molecule has 1 heterocycles. The summed E-state index contributed by atoms with van der Waals surface area (Å²) < 4.78 is 3.00. The lowest BCUT2D eigenvalue weighted by molar-refractivity contribution is 0.0714. The van der Waals surface area contributed by atoms with Gasteiger partial charge in [0.25, 0.3) is 0 Å². The second-order valence-electron chi connectivity index (χ2n) is 5.01. The molecule has 0 aliphatic heterocycles. The Labute approximate surface area is 112 Å². The predicted molar refractivity (Wildman–Crippen MR) is 72.9 cm³/mol. The van der Waals surface area contributed by atoms with Crippen molar-refractivity contribution in [1.82, 2.24) is 14.7 Å². The first-order valence-electron chi connectivity index (χ1n) is 5.85.